The van der Waals surface area contributed by atoms with E-state index in [2.05, 4.69) is 22.6 Å². The van der Waals surface area contributed by atoms with Crippen molar-refractivity contribution >= 4 is 35.5 Å². The minimum atomic E-state index is -0.168. The standard InChI is InChI=1S/C9H16O3S.C8H14O2S.C3H6O/c1-8(9(11)12-2)7-13-6-4-3-5-10;1-4-5-11-6-7(2)8(9)10-3;1-2-3-4/h3-4,8,10H,5-7H2,1-2H3;4,7H,1,5-6H2,2-3H3;2,4H,1,3H2/t8-;7-;/m00./s1. The number of methoxy groups -OCH3 is 2. The number of aliphatic hydroxyl groups excluding tert-OH is 2. The Morgan fingerprint density at radius 1 is 0.857 bits per heavy atom. The highest BCUT2D eigenvalue weighted by Gasteiger charge is 2.12. The first-order valence-electron chi connectivity index (χ1n) is 8.75. The van der Waals surface area contributed by atoms with Gasteiger partial charge in [0.2, 0.25) is 0 Å². The van der Waals surface area contributed by atoms with Crippen LogP contribution in [0.4, 0.5) is 0 Å². The summed E-state index contributed by atoms with van der Waals surface area (Å²) in [6, 6.07) is 0. The summed E-state index contributed by atoms with van der Waals surface area (Å²) in [6.45, 7) is 10.7. The molecule has 0 amide bonds. The van der Waals surface area contributed by atoms with Gasteiger partial charge in [-0.15, -0.1) is 13.2 Å². The zero-order valence-corrected chi connectivity index (χ0v) is 19.1. The van der Waals surface area contributed by atoms with Crippen LogP contribution in [-0.4, -0.2) is 72.6 Å². The van der Waals surface area contributed by atoms with Gasteiger partial charge in [0.05, 0.1) is 39.3 Å². The van der Waals surface area contributed by atoms with Crippen molar-refractivity contribution in [2.45, 2.75) is 13.8 Å². The number of hydrogen-bond acceptors (Lipinski definition) is 8. The number of esters is 2. The molecule has 6 nitrogen and oxygen atoms in total. The van der Waals surface area contributed by atoms with Crippen LogP contribution < -0.4 is 0 Å². The molecular formula is C20H36O6S2. The van der Waals surface area contributed by atoms with Gasteiger partial charge in [0.15, 0.2) is 0 Å². The molecule has 0 saturated heterocycles. The van der Waals surface area contributed by atoms with E-state index in [4.69, 9.17) is 10.2 Å². The summed E-state index contributed by atoms with van der Waals surface area (Å²) >= 11 is 3.33. The summed E-state index contributed by atoms with van der Waals surface area (Å²) in [5.41, 5.74) is 0. The summed E-state index contributed by atoms with van der Waals surface area (Å²) in [5.74, 6) is 2.90. The molecule has 0 aliphatic rings. The highest BCUT2D eigenvalue weighted by Crippen LogP contribution is 2.10. The summed E-state index contributed by atoms with van der Waals surface area (Å²) in [5, 5.41) is 16.2. The molecule has 0 aromatic rings. The molecule has 8 heteroatoms. The molecule has 0 unspecified atom stereocenters. The molecule has 0 heterocycles. The summed E-state index contributed by atoms with van der Waals surface area (Å²) in [6.07, 6.45) is 6.83. The molecule has 0 saturated carbocycles. The van der Waals surface area contributed by atoms with E-state index in [-0.39, 0.29) is 37.0 Å². The normalized spacial score (nSPS) is 11.8. The number of rotatable bonds is 12. The Kier molecular flexibility index (Phi) is 29.0. The van der Waals surface area contributed by atoms with E-state index in [0.717, 1.165) is 23.0 Å². The largest absolute Gasteiger partial charge is 0.469 e. The molecule has 0 bridgehead atoms. The fourth-order valence-electron chi connectivity index (χ4n) is 1.32. The number of thioether (sulfide) groups is 2. The van der Waals surface area contributed by atoms with Gasteiger partial charge < -0.3 is 19.7 Å². The smallest absolute Gasteiger partial charge is 0.309 e. The lowest BCUT2D eigenvalue weighted by Gasteiger charge is -2.06. The van der Waals surface area contributed by atoms with Crippen LogP contribution in [0.3, 0.4) is 0 Å². The second-order valence-electron chi connectivity index (χ2n) is 5.34. The van der Waals surface area contributed by atoms with Gasteiger partial charge in [-0.3, -0.25) is 9.59 Å². The summed E-state index contributed by atoms with van der Waals surface area (Å²) < 4.78 is 9.14. The molecular weight excluding hydrogens is 400 g/mol. The molecule has 2 N–H and O–H groups in total. The van der Waals surface area contributed by atoms with Crippen molar-refractivity contribution < 1.29 is 29.3 Å². The van der Waals surface area contributed by atoms with Crippen molar-refractivity contribution in [3.05, 3.63) is 37.5 Å². The maximum atomic E-state index is 10.9. The van der Waals surface area contributed by atoms with Gasteiger partial charge in [-0.2, -0.15) is 23.5 Å². The van der Waals surface area contributed by atoms with E-state index >= 15 is 0 Å². The second-order valence-corrected chi connectivity index (χ2v) is 7.49. The fraction of sp³-hybridized carbons (Fsp3) is 0.600. The van der Waals surface area contributed by atoms with E-state index in [1.807, 2.05) is 26.0 Å². The average molecular weight is 437 g/mol. The Morgan fingerprint density at radius 3 is 1.61 bits per heavy atom. The third kappa shape index (κ3) is 24.8. The van der Waals surface area contributed by atoms with Crippen molar-refractivity contribution in [2.24, 2.45) is 11.8 Å². The van der Waals surface area contributed by atoms with Gasteiger partial charge in [-0.05, 0) is 0 Å². The second kappa shape index (κ2) is 25.8. The number of carbonyl (C=O) groups excluding carboxylic acids is 2. The highest BCUT2D eigenvalue weighted by molar-refractivity contribution is 7.99. The number of ether oxygens (including phenoxy) is 2. The molecule has 0 radical (unpaired) electrons. The third-order valence-electron chi connectivity index (χ3n) is 2.79. The lowest BCUT2D eigenvalue weighted by Crippen LogP contribution is -2.14. The van der Waals surface area contributed by atoms with Crippen LogP contribution in [0.25, 0.3) is 0 Å². The van der Waals surface area contributed by atoms with Gasteiger partial charge in [0.25, 0.3) is 0 Å². The molecule has 0 fully saturated rings. The van der Waals surface area contributed by atoms with E-state index < -0.39 is 0 Å². The average Bonchev–Trinajstić information content (AvgIpc) is 2.72. The monoisotopic (exact) mass is 436 g/mol. The van der Waals surface area contributed by atoms with Crippen molar-refractivity contribution in [3.63, 3.8) is 0 Å². The Bertz CT molecular complexity index is 427. The SMILES string of the molecule is C=CCO.C=CCSC[C@H](C)C(=O)OC.COC(=O)[C@@H](C)CSCC=CCO. The minimum absolute atomic E-state index is 0.00931. The van der Waals surface area contributed by atoms with Gasteiger partial charge in [0, 0.05) is 23.0 Å². The van der Waals surface area contributed by atoms with Crippen LogP contribution in [0, 0.1) is 11.8 Å². The van der Waals surface area contributed by atoms with Crippen LogP contribution in [-0.2, 0) is 19.1 Å². The molecule has 0 aromatic carbocycles. The zero-order valence-electron chi connectivity index (χ0n) is 17.5. The van der Waals surface area contributed by atoms with E-state index in [9.17, 15) is 9.59 Å². The van der Waals surface area contributed by atoms with Crippen molar-refractivity contribution in [1.29, 1.82) is 0 Å². The molecule has 28 heavy (non-hydrogen) atoms. The van der Waals surface area contributed by atoms with Crippen LogP contribution in [0.5, 0.6) is 0 Å². The molecule has 0 spiro atoms. The molecule has 0 rings (SSSR count). The number of hydrogen-bond donors (Lipinski definition) is 2. The minimum Gasteiger partial charge on any atom is -0.469 e. The molecule has 0 aliphatic heterocycles. The van der Waals surface area contributed by atoms with Crippen molar-refractivity contribution in [2.75, 3.05) is 50.4 Å². The third-order valence-corrected chi connectivity index (χ3v) is 5.16. The Labute approximate surface area is 178 Å². The zero-order chi connectivity index (χ0) is 22.2. The molecule has 2 atom stereocenters. The summed E-state index contributed by atoms with van der Waals surface area (Å²) in [4.78, 5) is 21.8. The van der Waals surface area contributed by atoms with Crippen LogP contribution in [0.2, 0.25) is 0 Å². The van der Waals surface area contributed by atoms with Gasteiger partial charge in [-0.25, -0.2) is 0 Å². The van der Waals surface area contributed by atoms with Crippen molar-refractivity contribution in [1.82, 2.24) is 0 Å². The highest BCUT2D eigenvalue weighted by atomic mass is 32.2. The molecule has 164 valence electrons. The lowest BCUT2D eigenvalue weighted by atomic mass is 10.2. The van der Waals surface area contributed by atoms with E-state index in [1.165, 1.54) is 20.3 Å². The fourth-order valence-corrected chi connectivity index (χ4v) is 3.01. The predicted octanol–water partition coefficient (Wildman–Crippen LogP) is 2.96. The quantitative estimate of drug-likeness (QED) is 0.274. The Balaban J connectivity index is -0.000000378. The van der Waals surface area contributed by atoms with E-state index in [1.54, 1.807) is 29.6 Å². The summed E-state index contributed by atoms with van der Waals surface area (Å²) in [7, 11) is 2.81. The van der Waals surface area contributed by atoms with Crippen molar-refractivity contribution in [3.8, 4) is 0 Å². The Morgan fingerprint density at radius 2 is 1.29 bits per heavy atom. The number of aliphatic hydroxyl groups is 2. The first-order chi connectivity index (χ1) is 13.4. The van der Waals surface area contributed by atoms with Gasteiger partial charge in [-0.1, -0.05) is 38.2 Å². The molecule has 0 aromatic heterocycles. The predicted molar refractivity (Wildman–Crippen MR) is 121 cm³/mol. The first kappa shape index (κ1) is 31.5. The van der Waals surface area contributed by atoms with Gasteiger partial charge >= 0.3 is 11.9 Å². The topological polar surface area (TPSA) is 93.1 Å². The van der Waals surface area contributed by atoms with E-state index in [0.29, 0.717) is 0 Å². The maximum Gasteiger partial charge on any atom is 0.309 e. The lowest BCUT2D eigenvalue weighted by molar-refractivity contribution is -0.144. The van der Waals surface area contributed by atoms with Crippen LogP contribution in [0.15, 0.2) is 37.5 Å². The van der Waals surface area contributed by atoms with Crippen LogP contribution in [0.1, 0.15) is 13.8 Å². The molecule has 0 aliphatic carbocycles. The van der Waals surface area contributed by atoms with Gasteiger partial charge in [0.1, 0.15) is 0 Å². The first-order valence-corrected chi connectivity index (χ1v) is 11.1. The maximum absolute atomic E-state index is 10.9. The number of carbonyl (C=O) groups is 2. The van der Waals surface area contributed by atoms with Crippen LogP contribution >= 0.6 is 23.5 Å². The Hall–Kier alpha value is -1.22.